The molecule has 0 bridgehead atoms. The van der Waals surface area contributed by atoms with Crippen molar-refractivity contribution in [3.05, 3.63) is 59.7 Å². The molecule has 2 aromatic carbocycles. The summed E-state index contributed by atoms with van der Waals surface area (Å²) in [5, 5.41) is 0. The second-order valence-electron chi connectivity index (χ2n) is 9.08. The number of nitrogens with two attached hydrogens (primary N) is 4. The van der Waals surface area contributed by atoms with Gasteiger partial charge < -0.3 is 37.5 Å². The summed E-state index contributed by atoms with van der Waals surface area (Å²) < 4.78 is 4.94. The lowest BCUT2D eigenvalue weighted by Crippen LogP contribution is -2.41. The molecule has 0 radical (unpaired) electrons. The SMILES string of the molecule is C1CCOC1.CN(C)C(=O)[C@@H](N)Cc1cccc(N)c1.CN(C)C[C@@H](N)Cc1cccc(N)c1.Cl. The maximum Gasteiger partial charge on any atom is 0.239 e. The number of ether oxygens (including phenoxy) is 1. The standard InChI is InChI=1S/C11H17N3O.C11H19N3.C4H8O.ClH/c1-14(2)11(15)10(13)7-8-4-3-5-9(12)6-8;1-14(2)8-11(13)7-9-4-3-5-10(12)6-9;1-2-4-5-3-1;/h3-6,10H,7,12-13H2,1-2H3;3-6,11H,7-8,12-13H2,1-2H3;1-4H2;1H/t10-;11-;;/m00../s1. The van der Waals surface area contributed by atoms with Gasteiger partial charge in [-0.2, -0.15) is 0 Å². The molecule has 1 aliphatic rings. The molecule has 1 aliphatic heterocycles. The van der Waals surface area contributed by atoms with Gasteiger partial charge in [-0.1, -0.05) is 24.3 Å². The molecule has 1 amide bonds. The van der Waals surface area contributed by atoms with Crippen LogP contribution in [0.15, 0.2) is 48.5 Å². The molecule has 0 aromatic heterocycles. The first kappa shape index (κ1) is 32.6. The summed E-state index contributed by atoms with van der Waals surface area (Å²) in [5.74, 6) is -0.0718. The molecular formula is C26H45ClN6O2. The summed E-state index contributed by atoms with van der Waals surface area (Å²) in [4.78, 5) is 15.1. The van der Waals surface area contributed by atoms with E-state index in [4.69, 9.17) is 27.7 Å². The fourth-order valence-electron chi connectivity index (χ4n) is 3.46. The smallest absolute Gasteiger partial charge is 0.239 e. The van der Waals surface area contributed by atoms with Crippen LogP contribution >= 0.6 is 12.4 Å². The summed E-state index contributed by atoms with van der Waals surface area (Å²) >= 11 is 0. The number of carbonyl (C=O) groups excluding carboxylic acids is 1. The Kier molecular flexibility index (Phi) is 16.8. The van der Waals surface area contributed by atoms with Crippen molar-refractivity contribution in [1.29, 1.82) is 0 Å². The molecule has 198 valence electrons. The molecule has 1 heterocycles. The average Bonchev–Trinajstić information content (AvgIpc) is 3.33. The van der Waals surface area contributed by atoms with E-state index in [1.165, 1.54) is 23.3 Å². The molecule has 1 saturated heterocycles. The maximum absolute atomic E-state index is 11.5. The number of hydrogen-bond donors (Lipinski definition) is 4. The first-order valence-corrected chi connectivity index (χ1v) is 11.7. The van der Waals surface area contributed by atoms with E-state index in [0.717, 1.165) is 37.4 Å². The van der Waals surface area contributed by atoms with E-state index in [9.17, 15) is 4.79 Å². The Balaban J connectivity index is 0.000000538. The second-order valence-corrected chi connectivity index (χ2v) is 9.08. The van der Waals surface area contributed by atoms with Crippen molar-refractivity contribution in [2.75, 3.05) is 59.4 Å². The number of nitrogens with zero attached hydrogens (tertiary/aromatic N) is 2. The van der Waals surface area contributed by atoms with Gasteiger partial charge in [-0.3, -0.25) is 4.79 Å². The zero-order valence-corrected chi connectivity index (χ0v) is 22.5. The summed E-state index contributed by atoms with van der Waals surface area (Å²) in [6.45, 7) is 2.90. The number of rotatable bonds is 7. The number of amides is 1. The highest BCUT2D eigenvalue weighted by Gasteiger charge is 2.15. The molecule has 1 fully saturated rings. The van der Waals surface area contributed by atoms with Crippen LogP contribution in [-0.2, 0) is 22.4 Å². The molecule has 9 heteroatoms. The van der Waals surface area contributed by atoms with Crippen molar-refractivity contribution in [2.24, 2.45) is 11.5 Å². The van der Waals surface area contributed by atoms with Gasteiger partial charge in [0.1, 0.15) is 0 Å². The summed E-state index contributed by atoms with van der Waals surface area (Å²) in [5.41, 5.74) is 26.7. The predicted molar refractivity (Wildman–Crippen MR) is 150 cm³/mol. The molecule has 2 atom stereocenters. The normalized spacial score (nSPS) is 13.9. The lowest BCUT2D eigenvalue weighted by Gasteiger charge is -2.16. The minimum Gasteiger partial charge on any atom is -0.399 e. The van der Waals surface area contributed by atoms with Crippen LogP contribution < -0.4 is 22.9 Å². The lowest BCUT2D eigenvalue weighted by atomic mass is 10.1. The van der Waals surface area contributed by atoms with Gasteiger partial charge in [-0.05, 0) is 75.2 Å². The first-order valence-electron chi connectivity index (χ1n) is 11.7. The topological polar surface area (TPSA) is 137 Å². The van der Waals surface area contributed by atoms with Crippen molar-refractivity contribution in [2.45, 2.75) is 37.8 Å². The zero-order chi connectivity index (χ0) is 25.5. The quantitative estimate of drug-likeness (QED) is 0.420. The van der Waals surface area contributed by atoms with Crippen molar-refractivity contribution < 1.29 is 9.53 Å². The highest BCUT2D eigenvalue weighted by atomic mass is 35.5. The Morgan fingerprint density at radius 1 is 0.886 bits per heavy atom. The molecule has 0 aliphatic carbocycles. The number of anilines is 2. The molecule has 8 N–H and O–H groups in total. The van der Waals surface area contributed by atoms with Gasteiger partial charge in [0.25, 0.3) is 0 Å². The van der Waals surface area contributed by atoms with E-state index in [-0.39, 0.29) is 24.4 Å². The number of benzene rings is 2. The molecule has 2 aromatic rings. The van der Waals surface area contributed by atoms with Gasteiger partial charge in [0, 0.05) is 51.3 Å². The molecule has 3 rings (SSSR count). The Morgan fingerprint density at radius 2 is 1.37 bits per heavy atom. The maximum atomic E-state index is 11.5. The molecule has 35 heavy (non-hydrogen) atoms. The van der Waals surface area contributed by atoms with Gasteiger partial charge in [0.2, 0.25) is 5.91 Å². The molecule has 0 saturated carbocycles. The third kappa shape index (κ3) is 15.3. The van der Waals surface area contributed by atoms with Gasteiger partial charge >= 0.3 is 0 Å². The van der Waals surface area contributed by atoms with Crippen LogP contribution in [-0.4, -0.2) is 75.7 Å². The number of likely N-dealkylation sites (N-methyl/N-ethyl adjacent to an activating group) is 2. The number of nitrogen functional groups attached to an aromatic ring is 2. The van der Waals surface area contributed by atoms with Crippen molar-refractivity contribution in [1.82, 2.24) is 9.80 Å². The minimum atomic E-state index is -0.498. The third-order valence-electron chi connectivity index (χ3n) is 5.04. The summed E-state index contributed by atoms with van der Waals surface area (Å²) in [6.07, 6.45) is 3.95. The monoisotopic (exact) mass is 508 g/mol. The number of hydrogen-bond acceptors (Lipinski definition) is 7. The lowest BCUT2D eigenvalue weighted by molar-refractivity contribution is -0.130. The van der Waals surface area contributed by atoms with E-state index >= 15 is 0 Å². The van der Waals surface area contributed by atoms with Crippen LogP contribution in [0, 0.1) is 0 Å². The fraction of sp³-hybridized carbons (Fsp3) is 0.500. The van der Waals surface area contributed by atoms with Crippen molar-refractivity contribution in [3.8, 4) is 0 Å². The van der Waals surface area contributed by atoms with Gasteiger partial charge in [-0.25, -0.2) is 0 Å². The highest BCUT2D eigenvalue weighted by molar-refractivity contribution is 5.85. The Bertz CT molecular complexity index is 838. The van der Waals surface area contributed by atoms with E-state index < -0.39 is 6.04 Å². The van der Waals surface area contributed by atoms with E-state index in [1.807, 2.05) is 56.6 Å². The van der Waals surface area contributed by atoms with Crippen LogP contribution in [0.1, 0.15) is 24.0 Å². The Hall–Kier alpha value is -2.36. The van der Waals surface area contributed by atoms with Crippen LogP contribution in [0.3, 0.4) is 0 Å². The molecular weight excluding hydrogens is 464 g/mol. The molecule has 0 unspecified atom stereocenters. The van der Waals surface area contributed by atoms with Gasteiger partial charge in [-0.15, -0.1) is 12.4 Å². The number of carbonyl (C=O) groups is 1. The van der Waals surface area contributed by atoms with Crippen molar-refractivity contribution in [3.63, 3.8) is 0 Å². The summed E-state index contributed by atoms with van der Waals surface area (Å²) in [6, 6.07) is 15.0. The summed E-state index contributed by atoms with van der Waals surface area (Å²) in [7, 11) is 7.45. The molecule has 8 nitrogen and oxygen atoms in total. The van der Waals surface area contributed by atoms with Gasteiger partial charge in [0.15, 0.2) is 0 Å². The second kappa shape index (κ2) is 18.0. The first-order chi connectivity index (χ1) is 16.1. The zero-order valence-electron chi connectivity index (χ0n) is 21.7. The highest BCUT2D eigenvalue weighted by Crippen LogP contribution is 2.09. The largest absolute Gasteiger partial charge is 0.399 e. The van der Waals surface area contributed by atoms with Crippen LogP contribution in [0.5, 0.6) is 0 Å². The Morgan fingerprint density at radius 3 is 1.74 bits per heavy atom. The molecule has 0 spiro atoms. The van der Waals surface area contributed by atoms with Crippen LogP contribution in [0.25, 0.3) is 0 Å². The fourth-order valence-corrected chi connectivity index (χ4v) is 3.46. The van der Waals surface area contributed by atoms with Crippen molar-refractivity contribution >= 4 is 29.7 Å². The van der Waals surface area contributed by atoms with Crippen LogP contribution in [0.4, 0.5) is 11.4 Å². The minimum absolute atomic E-state index is 0. The number of halogens is 1. The third-order valence-corrected chi connectivity index (χ3v) is 5.04. The van der Waals surface area contributed by atoms with Gasteiger partial charge in [0.05, 0.1) is 6.04 Å². The Labute approximate surface area is 217 Å². The van der Waals surface area contributed by atoms with E-state index in [0.29, 0.717) is 12.1 Å². The van der Waals surface area contributed by atoms with E-state index in [2.05, 4.69) is 11.0 Å². The predicted octanol–water partition coefficient (Wildman–Crippen LogP) is 2.15. The average molecular weight is 509 g/mol. The van der Waals surface area contributed by atoms with E-state index in [1.54, 1.807) is 14.1 Å². The van der Waals surface area contributed by atoms with Crippen LogP contribution in [0.2, 0.25) is 0 Å².